The van der Waals surface area contributed by atoms with Crippen molar-refractivity contribution in [2.45, 2.75) is 26.7 Å². The molecule has 3 nitrogen and oxygen atoms in total. The molecular weight excluding hydrogens is 202 g/mol. The lowest BCUT2D eigenvalue weighted by Gasteiger charge is -2.37. The summed E-state index contributed by atoms with van der Waals surface area (Å²) in [4.78, 5) is 4.47. The van der Waals surface area contributed by atoms with E-state index < -0.39 is 0 Å². The van der Waals surface area contributed by atoms with Crippen molar-refractivity contribution in [3.8, 4) is 5.88 Å². The highest BCUT2D eigenvalue weighted by molar-refractivity contribution is 5.17. The van der Waals surface area contributed by atoms with Gasteiger partial charge in [0.15, 0.2) is 0 Å². The number of ether oxygens (including phenoxy) is 2. The van der Waals surface area contributed by atoms with Crippen LogP contribution >= 0.6 is 0 Å². The van der Waals surface area contributed by atoms with Gasteiger partial charge in [0.05, 0.1) is 19.8 Å². The average molecular weight is 221 g/mol. The number of aromatic nitrogens is 1. The summed E-state index contributed by atoms with van der Waals surface area (Å²) in [6.07, 6.45) is 0. The molecule has 0 unspecified atom stereocenters. The van der Waals surface area contributed by atoms with Crippen LogP contribution in [0.3, 0.4) is 0 Å². The van der Waals surface area contributed by atoms with Gasteiger partial charge in [-0.1, -0.05) is 26.8 Å². The molecule has 0 amide bonds. The zero-order valence-corrected chi connectivity index (χ0v) is 10.2. The summed E-state index contributed by atoms with van der Waals surface area (Å²) in [7, 11) is 0. The van der Waals surface area contributed by atoms with Crippen LogP contribution in [0.2, 0.25) is 0 Å². The average Bonchev–Trinajstić information content (AvgIpc) is 2.24. The van der Waals surface area contributed by atoms with Crippen molar-refractivity contribution in [1.29, 1.82) is 0 Å². The smallest absolute Gasteiger partial charge is 0.213 e. The molecule has 0 aromatic carbocycles. The number of hydrogen-bond donors (Lipinski definition) is 0. The molecule has 0 atom stereocenters. The zero-order chi connectivity index (χ0) is 11.6. The van der Waals surface area contributed by atoms with Crippen molar-refractivity contribution in [3.63, 3.8) is 0 Å². The van der Waals surface area contributed by atoms with E-state index in [2.05, 4.69) is 25.8 Å². The van der Waals surface area contributed by atoms with Crippen LogP contribution in [-0.2, 0) is 4.74 Å². The first-order valence-electron chi connectivity index (χ1n) is 5.77. The van der Waals surface area contributed by atoms with Crippen LogP contribution in [-0.4, -0.2) is 24.8 Å². The summed E-state index contributed by atoms with van der Waals surface area (Å²) >= 11 is 0. The first kappa shape index (κ1) is 11.4. The lowest BCUT2D eigenvalue weighted by atomic mass is 9.90. The summed E-state index contributed by atoms with van der Waals surface area (Å²) in [6.45, 7) is 8.69. The van der Waals surface area contributed by atoms with Crippen LogP contribution in [0.1, 0.15) is 32.4 Å². The number of pyridine rings is 1. The molecule has 1 saturated heterocycles. The van der Waals surface area contributed by atoms with Gasteiger partial charge in [0.2, 0.25) is 5.88 Å². The van der Waals surface area contributed by atoms with Gasteiger partial charge < -0.3 is 9.47 Å². The third kappa shape index (κ3) is 2.53. The topological polar surface area (TPSA) is 31.4 Å². The molecule has 0 radical (unpaired) electrons. The van der Waals surface area contributed by atoms with Crippen LogP contribution in [0.15, 0.2) is 18.2 Å². The van der Waals surface area contributed by atoms with Crippen molar-refractivity contribution in [3.05, 3.63) is 23.9 Å². The minimum Gasteiger partial charge on any atom is -0.477 e. The van der Waals surface area contributed by atoms with Gasteiger partial charge in [0.1, 0.15) is 0 Å². The first-order chi connectivity index (χ1) is 7.59. The maximum Gasteiger partial charge on any atom is 0.213 e. The molecule has 2 rings (SSSR count). The lowest BCUT2D eigenvalue weighted by molar-refractivity contribution is -0.120. The Morgan fingerprint density at radius 2 is 2.19 bits per heavy atom. The van der Waals surface area contributed by atoms with Gasteiger partial charge in [-0.15, -0.1) is 0 Å². The van der Waals surface area contributed by atoms with Gasteiger partial charge in [-0.25, -0.2) is 4.98 Å². The maximum absolute atomic E-state index is 5.71. The standard InChI is InChI=1S/C13H19NO2/c1-10(2)11-5-4-6-12(14-11)16-9-13(3)7-15-8-13/h4-6,10H,7-9H2,1-3H3. The zero-order valence-electron chi connectivity index (χ0n) is 10.2. The predicted octanol–water partition coefficient (Wildman–Crippen LogP) is 2.62. The molecular formula is C13H19NO2. The van der Waals surface area contributed by atoms with E-state index in [1.807, 2.05) is 18.2 Å². The van der Waals surface area contributed by atoms with Crippen LogP contribution < -0.4 is 4.74 Å². The predicted molar refractivity (Wildman–Crippen MR) is 62.7 cm³/mol. The number of rotatable bonds is 4. The van der Waals surface area contributed by atoms with Crippen LogP contribution in [0.5, 0.6) is 5.88 Å². The van der Waals surface area contributed by atoms with Crippen molar-refractivity contribution < 1.29 is 9.47 Å². The molecule has 16 heavy (non-hydrogen) atoms. The fraction of sp³-hybridized carbons (Fsp3) is 0.615. The monoisotopic (exact) mass is 221 g/mol. The minimum absolute atomic E-state index is 0.176. The third-order valence-corrected chi connectivity index (χ3v) is 2.81. The van der Waals surface area contributed by atoms with Gasteiger partial charge >= 0.3 is 0 Å². The Labute approximate surface area is 96.8 Å². The van der Waals surface area contributed by atoms with Gasteiger partial charge in [0.25, 0.3) is 0 Å². The fourth-order valence-electron chi connectivity index (χ4n) is 1.61. The van der Waals surface area contributed by atoms with E-state index in [9.17, 15) is 0 Å². The summed E-state index contributed by atoms with van der Waals surface area (Å²) in [5, 5.41) is 0. The summed E-state index contributed by atoms with van der Waals surface area (Å²) in [5.74, 6) is 1.16. The van der Waals surface area contributed by atoms with Crippen LogP contribution in [0.4, 0.5) is 0 Å². The molecule has 0 saturated carbocycles. The van der Waals surface area contributed by atoms with Crippen molar-refractivity contribution >= 4 is 0 Å². The molecule has 1 aromatic rings. The molecule has 3 heteroatoms. The highest BCUT2D eigenvalue weighted by Crippen LogP contribution is 2.27. The maximum atomic E-state index is 5.71. The third-order valence-electron chi connectivity index (χ3n) is 2.81. The van der Waals surface area contributed by atoms with E-state index in [0.717, 1.165) is 24.8 Å². The largest absolute Gasteiger partial charge is 0.477 e. The molecule has 0 bridgehead atoms. The Hall–Kier alpha value is -1.09. The Morgan fingerprint density at radius 1 is 1.44 bits per heavy atom. The van der Waals surface area contributed by atoms with Gasteiger partial charge in [-0.2, -0.15) is 0 Å². The van der Waals surface area contributed by atoms with Gasteiger partial charge in [-0.3, -0.25) is 0 Å². The summed E-state index contributed by atoms with van der Waals surface area (Å²) in [5.41, 5.74) is 1.25. The first-order valence-corrected chi connectivity index (χ1v) is 5.77. The second-order valence-electron chi connectivity index (χ2n) is 5.15. The second kappa shape index (κ2) is 4.42. The second-order valence-corrected chi connectivity index (χ2v) is 5.15. The molecule has 1 aliphatic heterocycles. The van der Waals surface area contributed by atoms with E-state index in [-0.39, 0.29) is 5.41 Å². The summed E-state index contributed by atoms with van der Waals surface area (Å²) in [6, 6.07) is 5.94. The summed E-state index contributed by atoms with van der Waals surface area (Å²) < 4.78 is 10.9. The Kier molecular flexibility index (Phi) is 3.15. The van der Waals surface area contributed by atoms with E-state index in [1.165, 1.54) is 0 Å². The van der Waals surface area contributed by atoms with Crippen molar-refractivity contribution in [2.24, 2.45) is 5.41 Å². The molecule has 0 aliphatic carbocycles. The Balaban J connectivity index is 1.96. The molecule has 2 heterocycles. The lowest BCUT2D eigenvalue weighted by Crippen LogP contribution is -2.44. The minimum atomic E-state index is 0.176. The van der Waals surface area contributed by atoms with E-state index in [1.54, 1.807) is 0 Å². The molecule has 0 N–H and O–H groups in total. The molecule has 0 spiro atoms. The van der Waals surface area contributed by atoms with E-state index in [0.29, 0.717) is 12.5 Å². The van der Waals surface area contributed by atoms with Crippen molar-refractivity contribution in [1.82, 2.24) is 4.98 Å². The van der Waals surface area contributed by atoms with E-state index in [4.69, 9.17) is 9.47 Å². The Morgan fingerprint density at radius 3 is 2.75 bits per heavy atom. The number of hydrogen-bond acceptors (Lipinski definition) is 3. The van der Waals surface area contributed by atoms with E-state index >= 15 is 0 Å². The quantitative estimate of drug-likeness (QED) is 0.783. The number of nitrogens with zero attached hydrogens (tertiary/aromatic N) is 1. The molecule has 88 valence electrons. The highest BCUT2D eigenvalue weighted by Gasteiger charge is 2.34. The highest BCUT2D eigenvalue weighted by atomic mass is 16.5. The Bertz CT molecular complexity index is 359. The van der Waals surface area contributed by atoms with Gasteiger partial charge in [-0.05, 0) is 12.0 Å². The molecule has 1 fully saturated rings. The normalized spacial score (nSPS) is 18.2. The molecule has 1 aliphatic rings. The van der Waals surface area contributed by atoms with Crippen LogP contribution in [0.25, 0.3) is 0 Å². The van der Waals surface area contributed by atoms with Gasteiger partial charge in [0, 0.05) is 17.2 Å². The molecule has 1 aromatic heterocycles. The SMILES string of the molecule is CC(C)c1cccc(OCC2(C)COC2)n1. The van der Waals surface area contributed by atoms with Crippen molar-refractivity contribution in [2.75, 3.05) is 19.8 Å². The van der Waals surface area contributed by atoms with Crippen LogP contribution in [0, 0.1) is 5.41 Å². The fourth-order valence-corrected chi connectivity index (χ4v) is 1.61.